The van der Waals surface area contributed by atoms with E-state index in [1.54, 1.807) is 18.2 Å². The molecule has 2 rings (SSSR count). The van der Waals surface area contributed by atoms with Crippen LogP contribution < -0.4 is 4.72 Å². The van der Waals surface area contributed by atoms with Crippen molar-refractivity contribution >= 4 is 50.5 Å². The van der Waals surface area contributed by atoms with E-state index in [0.29, 0.717) is 5.02 Å². The molecule has 0 amide bonds. The van der Waals surface area contributed by atoms with E-state index in [1.807, 2.05) is 0 Å². The molecule has 0 aliphatic carbocycles. The molecule has 0 bridgehead atoms. The lowest BCUT2D eigenvalue weighted by atomic mass is 10.3. The summed E-state index contributed by atoms with van der Waals surface area (Å²) in [4.78, 5) is -0.0206. The zero-order valence-corrected chi connectivity index (χ0v) is 12.5. The van der Waals surface area contributed by atoms with Gasteiger partial charge in [0.05, 0.1) is 15.7 Å². The summed E-state index contributed by atoms with van der Waals surface area (Å²) in [7, 11) is -3.81. The summed E-state index contributed by atoms with van der Waals surface area (Å²) in [5.41, 5.74) is 0.203. The second-order valence-electron chi connectivity index (χ2n) is 3.66. The number of nitrogens with one attached hydrogen (secondary N) is 1. The molecule has 2 aromatic rings. The van der Waals surface area contributed by atoms with Gasteiger partial charge in [-0.2, -0.15) is 0 Å². The zero-order chi connectivity index (χ0) is 14.0. The van der Waals surface area contributed by atoms with E-state index in [1.165, 1.54) is 24.3 Å². The molecular weight excluding hydrogens is 329 g/mol. The third-order valence-electron chi connectivity index (χ3n) is 2.30. The summed E-state index contributed by atoms with van der Waals surface area (Å²) >= 11 is 17.6. The number of rotatable bonds is 3. The molecule has 0 unspecified atom stereocenters. The van der Waals surface area contributed by atoms with E-state index in [-0.39, 0.29) is 20.6 Å². The molecule has 0 saturated heterocycles. The van der Waals surface area contributed by atoms with Crippen molar-refractivity contribution in [1.82, 2.24) is 0 Å². The summed E-state index contributed by atoms with van der Waals surface area (Å²) in [6.45, 7) is 0. The first kappa shape index (κ1) is 14.5. The number of hydrogen-bond donors (Lipinski definition) is 1. The fraction of sp³-hybridized carbons (Fsp3) is 0. The van der Waals surface area contributed by atoms with E-state index in [4.69, 9.17) is 34.8 Å². The Morgan fingerprint density at radius 1 is 0.895 bits per heavy atom. The Hall–Kier alpha value is -0.940. The van der Waals surface area contributed by atoms with E-state index in [9.17, 15) is 8.42 Å². The zero-order valence-electron chi connectivity index (χ0n) is 9.40. The van der Waals surface area contributed by atoms with Gasteiger partial charge in [-0.1, -0.05) is 46.9 Å². The monoisotopic (exact) mass is 335 g/mol. The van der Waals surface area contributed by atoms with E-state index in [0.717, 1.165) is 0 Å². The Balaban J connectivity index is 2.43. The second kappa shape index (κ2) is 5.59. The van der Waals surface area contributed by atoms with Crippen LogP contribution in [0.3, 0.4) is 0 Å². The van der Waals surface area contributed by atoms with E-state index < -0.39 is 10.0 Å². The van der Waals surface area contributed by atoms with Gasteiger partial charge in [0, 0.05) is 5.02 Å². The lowest BCUT2D eigenvalue weighted by Crippen LogP contribution is -2.13. The van der Waals surface area contributed by atoms with Crippen molar-refractivity contribution in [3.05, 3.63) is 57.5 Å². The van der Waals surface area contributed by atoms with Crippen molar-refractivity contribution in [2.75, 3.05) is 4.72 Å². The second-order valence-corrected chi connectivity index (χ2v) is 6.56. The highest BCUT2D eigenvalue weighted by Gasteiger charge is 2.18. The van der Waals surface area contributed by atoms with Crippen molar-refractivity contribution in [3.63, 3.8) is 0 Å². The quantitative estimate of drug-likeness (QED) is 0.900. The number of benzene rings is 2. The number of anilines is 1. The van der Waals surface area contributed by atoms with Crippen LogP contribution in [0.4, 0.5) is 5.69 Å². The summed E-state index contributed by atoms with van der Waals surface area (Å²) in [6, 6.07) is 10.6. The molecule has 0 fully saturated rings. The van der Waals surface area contributed by atoms with Crippen molar-refractivity contribution in [1.29, 1.82) is 0 Å². The normalized spacial score (nSPS) is 11.3. The minimum Gasteiger partial charge on any atom is -0.278 e. The van der Waals surface area contributed by atoms with Crippen LogP contribution in [0.15, 0.2) is 47.4 Å². The molecule has 1 N–H and O–H groups in total. The van der Waals surface area contributed by atoms with Gasteiger partial charge in [0.1, 0.15) is 4.90 Å². The Morgan fingerprint density at radius 2 is 1.58 bits per heavy atom. The summed E-state index contributed by atoms with van der Waals surface area (Å²) < 4.78 is 26.7. The molecule has 0 radical (unpaired) electrons. The average Bonchev–Trinajstić information content (AvgIpc) is 2.34. The van der Waals surface area contributed by atoms with Gasteiger partial charge in [0.25, 0.3) is 10.0 Å². The molecule has 0 aliphatic rings. The standard InChI is InChI=1S/C12H8Cl3NO2S/c13-8-5-6-9(14)11(7-8)16-19(17,18)12-4-2-1-3-10(12)15/h1-7,16H. The largest absolute Gasteiger partial charge is 0.278 e. The predicted octanol–water partition coefficient (Wildman–Crippen LogP) is 4.45. The van der Waals surface area contributed by atoms with Gasteiger partial charge in [-0.3, -0.25) is 4.72 Å². The molecule has 2 aromatic carbocycles. The van der Waals surface area contributed by atoms with Crippen molar-refractivity contribution in [2.24, 2.45) is 0 Å². The minimum absolute atomic E-state index is 0.0206. The molecule has 0 spiro atoms. The first-order valence-corrected chi connectivity index (χ1v) is 7.74. The minimum atomic E-state index is -3.81. The first-order valence-electron chi connectivity index (χ1n) is 5.12. The fourth-order valence-corrected chi connectivity index (χ4v) is 3.42. The van der Waals surface area contributed by atoms with Crippen LogP contribution in [0.5, 0.6) is 0 Å². The van der Waals surface area contributed by atoms with Crippen molar-refractivity contribution in [2.45, 2.75) is 4.90 Å². The fourth-order valence-electron chi connectivity index (χ4n) is 1.44. The highest BCUT2D eigenvalue weighted by Crippen LogP contribution is 2.29. The Bertz CT molecular complexity index is 717. The van der Waals surface area contributed by atoms with Crippen LogP contribution in [0.25, 0.3) is 0 Å². The smallest absolute Gasteiger partial charge is 0.263 e. The van der Waals surface area contributed by atoms with Crippen molar-refractivity contribution in [3.8, 4) is 0 Å². The van der Waals surface area contributed by atoms with Gasteiger partial charge in [-0.15, -0.1) is 0 Å². The Morgan fingerprint density at radius 3 is 2.26 bits per heavy atom. The van der Waals surface area contributed by atoms with E-state index in [2.05, 4.69) is 4.72 Å². The number of hydrogen-bond acceptors (Lipinski definition) is 2. The predicted molar refractivity (Wildman–Crippen MR) is 78.7 cm³/mol. The van der Waals surface area contributed by atoms with Gasteiger partial charge in [-0.05, 0) is 30.3 Å². The van der Waals surface area contributed by atoms with Crippen LogP contribution in [-0.4, -0.2) is 8.42 Å². The lowest BCUT2D eigenvalue weighted by Gasteiger charge is -2.10. The van der Waals surface area contributed by atoms with Crippen LogP contribution in [0, 0.1) is 0 Å². The SMILES string of the molecule is O=S(=O)(Nc1cc(Cl)ccc1Cl)c1ccccc1Cl. The van der Waals surface area contributed by atoms with Gasteiger partial charge >= 0.3 is 0 Å². The molecule has 0 atom stereocenters. The van der Waals surface area contributed by atoms with Crippen LogP contribution in [-0.2, 0) is 10.0 Å². The highest BCUT2D eigenvalue weighted by atomic mass is 35.5. The van der Waals surface area contributed by atoms with Crippen LogP contribution in [0.1, 0.15) is 0 Å². The molecule has 0 saturated carbocycles. The molecule has 3 nitrogen and oxygen atoms in total. The van der Waals surface area contributed by atoms with Gasteiger partial charge in [0.2, 0.25) is 0 Å². The molecule has 0 heterocycles. The number of halogens is 3. The molecular formula is C12H8Cl3NO2S. The van der Waals surface area contributed by atoms with Gasteiger partial charge < -0.3 is 0 Å². The summed E-state index contributed by atoms with van der Waals surface area (Å²) in [5, 5.41) is 0.759. The van der Waals surface area contributed by atoms with Gasteiger partial charge in [-0.25, -0.2) is 8.42 Å². The molecule has 0 aliphatic heterocycles. The van der Waals surface area contributed by atoms with Crippen LogP contribution >= 0.6 is 34.8 Å². The summed E-state index contributed by atoms with van der Waals surface area (Å²) in [6.07, 6.45) is 0. The van der Waals surface area contributed by atoms with Crippen LogP contribution in [0.2, 0.25) is 15.1 Å². The topological polar surface area (TPSA) is 46.2 Å². The molecule has 19 heavy (non-hydrogen) atoms. The Kier molecular flexibility index (Phi) is 4.26. The first-order chi connectivity index (χ1) is 8.90. The van der Waals surface area contributed by atoms with E-state index >= 15 is 0 Å². The maximum atomic E-state index is 12.2. The third kappa shape index (κ3) is 3.34. The Labute approximate surface area is 126 Å². The highest BCUT2D eigenvalue weighted by molar-refractivity contribution is 7.92. The summed E-state index contributed by atoms with van der Waals surface area (Å²) in [5.74, 6) is 0. The average molecular weight is 337 g/mol. The third-order valence-corrected chi connectivity index (χ3v) is 4.73. The lowest BCUT2D eigenvalue weighted by molar-refractivity contribution is 0.601. The molecule has 7 heteroatoms. The van der Waals surface area contributed by atoms with Crippen molar-refractivity contribution < 1.29 is 8.42 Å². The number of sulfonamides is 1. The maximum Gasteiger partial charge on any atom is 0.263 e. The molecule has 0 aromatic heterocycles. The molecule has 100 valence electrons. The van der Waals surface area contributed by atoms with Gasteiger partial charge in [0.15, 0.2) is 0 Å². The maximum absolute atomic E-state index is 12.2.